The Labute approximate surface area is 166 Å². The summed E-state index contributed by atoms with van der Waals surface area (Å²) in [5, 5.41) is 7.19. The molecular formula is C20H23F3N6. The van der Waals surface area contributed by atoms with Crippen molar-refractivity contribution in [3.8, 4) is 0 Å². The Bertz CT molecular complexity index is 948. The molecule has 29 heavy (non-hydrogen) atoms. The van der Waals surface area contributed by atoms with Crippen molar-refractivity contribution in [2.75, 3.05) is 25.0 Å². The van der Waals surface area contributed by atoms with E-state index < -0.39 is 11.9 Å². The minimum absolute atomic E-state index is 0.0461. The maximum absolute atomic E-state index is 13.2. The van der Waals surface area contributed by atoms with Gasteiger partial charge in [0.2, 0.25) is 0 Å². The van der Waals surface area contributed by atoms with Crippen LogP contribution in [0.25, 0.3) is 5.78 Å². The van der Waals surface area contributed by atoms with E-state index in [2.05, 4.69) is 44.3 Å². The molecule has 0 spiro atoms. The molecule has 1 aromatic carbocycles. The maximum Gasteiger partial charge on any atom is 0.433 e. The van der Waals surface area contributed by atoms with Crippen LogP contribution >= 0.6 is 0 Å². The van der Waals surface area contributed by atoms with E-state index in [9.17, 15) is 13.2 Å². The van der Waals surface area contributed by atoms with Crippen LogP contribution < -0.4 is 5.32 Å². The normalized spacial score (nSPS) is 17.5. The first kappa shape index (κ1) is 19.6. The lowest BCUT2D eigenvalue weighted by Crippen LogP contribution is -2.39. The van der Waals surface area contributed by atoms with Crippen molar-refractivity contribution in [3.05, 3.63) is 54.0 Å². The van der Waals surface area contributed by atoms with Gasteiger partial charge in [0.15, 0.2) is 5.69 Å². The fourth-order valence-corrected chi connectivity index (χ4v) is 3.76. The van der Waals surface area contributed by atoms with Crippen molar-refractivity contribution in [1.82, 2.24) is 24.5 Å². The summed E-state index contributed by atoms with van der Waals surface area (Å²) in [4.78, 5) is 9.79. The number of likely N-dealkylation sites (tertiary alicyclic amines) is 1. The first-order valence-electron chi connectivity index (χ1n) is 9.72. The summed E-state index contributed by atoms with van der Waals surface area (Å²) in [6, 6.07) is 11.1. The van der Waals surface area contributed by atoms with Gasteiger partial charge in [-0.05, 0) is 37.4 Å². The molecule has 0 amide bonds. The average Bonchev–Trinajstić information content (AvgIpc) is 3.18. The first-order valence-corrected chi connectivity index (χ1v) is 9.72. The van der Waals surface area contributed by atoms with Gasteiger partial charge in [-0.1, -0.05) is 37.3 Å². The Hall–Kier alpha value is -2.68. The number of aromatic nitrogens is 4. The van der Waals surface area contributed by atoms with E-state index >= 15 is 0 Å². The minimum atomic E-state index is -4.55. The monoisotopic (exact) mass is 404 g/mol. The third-order valence-electron chi connectivity index (χ3n) is 5.46. The van der Waals surface area contributed by atoms with Crippen molar-refractivity contribution in [2.45, 2.75) is 32.0 Å². The molecule has 1 atom stereocenters. The number of benzene rings is 1. The molecule has 1 N–H and O–H groups in total. The van der Waals surface area contributed by atoms with Crippen LogP contribution in [0.4, 0.5) is 19.0 Å². The molecule has 0 aliphatic carbocycles. The van der Waals surface area contributed by atoms with E-state index in [-0.39, 0.29) is 17.6 Å². The molecule has 3 heterocycles. The quantitative estimate of drug-likeness (QED) is 0.696. The van der Waals surface area contributed by atoms with Gasteiger partial charge in [-0.2, -0.15) is 27.8 Å². The summed E-state index contributed by atoms with van der Waals surface area (Å²) in [5.74, 6) is 0.844. The fourth-order valence-electron chi connectivity index (χ4n) is 3.76. The van der Waals surface area contributed by atoms with Gasteiger partial charge in [-0.3, -0.25) is 4.90 Å². The smallest absolute Gasteiger partial charge is 0.368 e. The molecule has 3 aromatic rings. The molecule has 1 fully saturated rings. The molecular weight excluding hydrogens is 381 g/mol. The van der Waals surface area contributed by atoms with Gasteiger partial charge in [0.25, 0.3) is 5.78 Å². The second-order valence-corrected chi connectivity index (χ2v) is 7.52. The molecule has 1 saturated heterocycles. The zero-order valence-corrected chi connectivity index (χ0v) is 16.1. The first-order chi connectivity index (χ1) is 13.9. The summed E-state index contributed by atoms with van der Waals surface area (Å²) in [7, 11) is 0. The highest BCUT2D eigenvalue weighted by Gasteiger charge is 2.34. The van der Waals surface area contributed by atoms with Crippen molar-refractivity contribution in [2.24, 2.45) is 5.92 Å². The highest BCUT2D eigenvalue weighted by molar-refractivity contribution is 5.46. The molecule has 1 unspecified atom stereocenters. The summed E-state index contributed by atoms with van der Waals surface area (Å²) < 4.78 is 41.0. The Morgan fingerprint density at radius 1 is 1.17 bits per heavy atom. The zero-order valence-electron chi connectivity index (χ0n) is 16.1. The standard InChI is InChI=1S/C20H23F3N6/c1-14-7-9-28(10-8-14)16(15-5-3-2-4-6-15)12-24-18-11-17(20(21,22)23)27-19-25-13-26-29(18)19/h2-6,11,13-14,16,24H,7-10,12H2,1H3. The van der Waals surface area contributed by atoms with Gasteiger partial charge in [0.05, 0.1) is 6.04 Å². The second kappa shape index (κ2) is 7.98. The van der Waals surface area contributed by atoms with E-state index in [0.29, 0.717) is 12.5 Å². The van der Waals surface area contributed by atoms with Gasteiger partial charge >= 0.3 is 6.18 Å². The van der Waals surface area contributed by atoms with Gasteiger partial charge in [-0.25, -0.2) is 4.98 Å². The Morgan fingerprint density at radius 2 is 1.90 bits per heavy atom. The minimum Gasteiger partial charge on any atom is -0.368 e. The van der Waals surface area contributed by atoms with Crippen LogP contribution in [-0.4, -0.2) is 44.1 Å². The molecule has 0 saturated carbocycles. The molecule has 9 heteroatoms. The SMILES string of the molecule is CC1CCN(C(CNc2cc(C(F)(F)F)nc3ncnn23)c2ccccc2)CC1. The molecule has 0 radical (unpaired) electrons. The number of fused-ring (bicyclic) bond motifs is 1. The Balaban J connectivity index is 1.61. The Kier molecular flexibility index (Phi) is 5.40. The maximum atomic E-state index is 13.2. The summed E-state index contributed by atoms with van der Waals surface area (Å²) in [5.41, 5.74) is 0.151. The van der Waals surface area contributed by atoms with Crippen molar-refractivity contribution in [3.63, 3.8) is 0 Å². The third-order valence-corrected chi connectivity index (χ3v) is 5.46. The lowest BCUT2D eigenvalue weighted by Gasteiger charge is -2.37. The number of hydrogen-bond acceptors (Lipinski definition) is 5. The van der Waals surface area contributed by atoms with Crippen LogP contribution in [0.3, 0.4) is 0 Å². The third kappa shape index (κ3) is 4.34. The number of piperidine rings is 1. The van der Waals surface area contributed by atoms with Crippen LogP contribution in [-0.2, 0) is 6.18 Å². The number of halogens is 3. The van der Waals surface area contributed by atoms with Gasteiger partial charge in [-0.15, -0.1) is 0 Å². The zero-order chi connectivity index (χ0) is 20.4. The van der Waals surface area contributed by atoms with E-state index in [1.165, 1.54) is 10.8 Å². The van der Waals surface area contributed by atoms with Crippen molar-refractivity contribution in [1.29, 1.82) is 0 Å². The number of nitrogens with zero attached hydrogens (tertiary/aromatic N) is 5. The number of alkyl halides is 3. The summed E-state index contributed by atoms with van der Waals surface area (Å²) in [6.45, 7) is 4.63. The van der Waals surface area contributed by atoms with E-state index in [0.717, 1.165) is 37.6 Å². The lowest BCUT2D eigenvalue weighted by atomic mass is 9.95. The predicted octanol–water partition coefficient (Wildman–Crippen LogP) is 4.03. The van der Waals surface area contributed by atoms with Crippen LogP contribution in [0.5, 0.6) is 0 Å². The van der Waals surface area contributed by atoms with E-state index in [1.807, 2.05) is 18.2 Å². The molecule has 1 aliphatic heterocycles. The van der Waals surface area contributed by atoms with Crippen LogP contribution in [0.1, 0.15) is 37.1 Å². The molecule has 6 nitrogen and oxygen atoms in total. The van der Waals surface area contributed by atoms with E-state index in [4.69, 9.17) is 0 Å². The molecule has 1 aliphatic rings. The van der Waals surface area contributed by atoms with Gasteiger partial charge in [0, 0.05) is 12.6 Å². The molecule has 154 valence electrons. The number of anilines is 1. The van der Waals surface area contributed by atoms with Crippen LogP contribution in [0.15, 0.2) is 42.7 Å². The molecule has 2 aromatic heterocycles. The van der Waals surface area contributed by atoms with Crippen LogP contribution in [0.2, 0.25) is 0 Å². The van der Waals surface area contributed by atoms with Gasteiger partial charge in [0.1, 0.15) is 12.1 Å². The molecule has 4 rings (SSSR count). The number of hydrogen-bond donors (Lipinski definition) is 1. The van der Waals surface area contributed by atoms with Crippen molar-refractivity contribution >= 4 is 11.6 Å². The Morgan fingerprint density at radius 3 is 2.59 bits per heavy atom. The molecule has 0 bridgehead atoms. The predicted molar refractivity (Wildman–Crippen MR) is 103 cm³/mol. The number of rotatable bonds is 5. The summed E-state index contributed by atoms with van der Waals surface area (Å²) in [6.07, 6.45) is -1.12. The van der Waals surface area contributed by atoms with Crippen molar-refractivity contribution < 1.29 is 13.2 Å². The lowest BCUT2D eigenvalue weighted by molar-refractivity contribution is -0.141. The second-order valence-electron chi connectivity index (χ2n) is 7.52. The summed E-state index contributed by atoms with van der Waals surface area (Å²) >= 11 is 0. The number of nitrogens with one attached hydrogen (secondary N) is 1. The highest BCUT2D eigenvalue weighted by atomic mass is 19.4. The largest absolute Gasteiger partial charge is 0.433 e. The topological polar surface area (TPSA) is 58.3 Å². The van der Waals surface area contributed by atoms with Crippen LogP contribution in [0, 0.1) is 5.92 Å². The fraction of sp³-hybridized carbons (Fsp3) is 0.450. The average molecular weight is 404 g/mol. The van der Waals surface area contributed by atoms with Gasteiger partial charge < -0.3 is 5.32 Å². The highest BCUT2D eigenvalue weighted by Crippen LogP contribution is 2.31. The van der Waals surface area contributed by atoms with E-state index in [1.54, 1.807) is 0 Å².